The van der Waals surface area contributed by atoms with Crippen molar-refractivity contribution in [2.75, 3.05) is 18.0 Å². The molecular formula is C18H20F3N. The van der Waals surface area contributed by atoms with Crippen LogP contribution in [0.5, 0.6) is 0 Å². The molecule has 4 heteroatoms. The van der Waals surface area contributed by atoms with Gasteiger partial charge in [-0.1, -0.05) is 38.5 Å². The van der Waals surface area contributed by atoms with Gasteiger partial charge in [-0.25, -0.2) is 0 Å². The molecule has 0 bridgehead atoms. The molecule has 0 amide bonds. The quantitative estimate of drug-likeness (QED) is 0.715. The van der Waals surface area contributed by atoms with Gasteiger partial charge in [0.1, 0.15) is 0 Å². The van der Waals surface area contributed by atoms with Gasteiger partial charge >= 0.3 is 6.18 Å². The van der Waals surface area contributed by atoms with Crippen LogP contribution in [0.2, 0.25) is 0 Å². The van der Waals surface area contributed by atoms with Crippen molar-refractivity contribution in [1.29, 1.82) is 0 Å². The van der Waals surface area contributed by atoms with Gasteiger partial charge in [-0.3, -0.25) is 0 Å². The minimum absolute atomic E-state index is 0.263. The average Bonchev–Trinajstić information content (AvgIpc) is 2.80. The van der Waals surface area contributed by atoms with Gasteiger partial charge in [0, 0.05) is 24.7 Å². The molecule has 118 valence electrons. The van der Waals surface area contributed by atoms with E-state index in [0.717, 1.165) is 42.6 Å². The molecule has 3 rings (SSSR count). The minimum atomic E-state index is -4.31. The Morgan fingerprint density at radius 2 is 1.91 bits per heavy atom. The molecule has 1 nitrogen and oxygen atoms in total. The van der Waals surface area contributed by atoms with Gasteiger partial charge in [0.15, 0.2) is 0 Å². The summed E-state index contributed by atoms with van der Waals surface area (Å²) in [5.74, 6) is 0.263. The SMILES string of the molecule is CCCCN1CC(C)c2c1ccc1c(C(F)(F)F)cccc21. The number of nitrogens with zero attached hydrogens (tertiary/aromatic N) is 1. The molecule has 0 aromatic heterocycles. The summed E-state index contributed by atoms with van der Waals surface area (Å²) in [6.07, 6.45) is -2.09. The smallest absolute Gasteiger partial charge is 0.371 e. The first kappa shape index (κ1) is 15.2. The Hall–Kier alpha value is -1.71. The van der Waals surface area contributed by atoms with Crippen molar-refractivity contribution in [2.45, 2.75) is 38.8 Å². The van der Waals surface area contributed by atoms with E-state index in [1.54, 1.807) is 6.07 Å². The van der Waals surface area contributed by atoms with E-state index in [0.29, 0.717) is 5.39 Å². The Bertz CT molecular complexity index is 691. The standard InChI is InChI=1S/C18H20F3N/c1-3-4-10-22-11-12(2)17-14-6-5-7-15(18(19,20)21)13(14)8-9-16(17)22/h5-9,12H,3-4,10-11H2,1-2H3. The first-order valence-electron chi connectivity index (χ1n) is 7.81. The van der Waals surface area contributed by atoms with Crippen LogP contribution in [-0.2, 0) is 6.18 Å². The number of benzene rings is 2. The fourth-order valence-corrected chi connectivity index (χ4v) is 3.49. The van der Waals surface area contributed by atoms with Crippen LogP contribution in [0.25, 0.3) is 10.8 Å². The molecule has 1 aliphatic heterocycles. The van der Waals surface area contributed by atoms with Crippen molar-refractivity contribution in [2.24, 2.45) is 0 Å². The van der Waals surface area contributed by atoms with Crippen molar-refractivity contribution in [3.8, 4) is 0 Å². The number of anilines is 1. The summed E-state index contributed by atoms with van der Waals surface area (Å²) < 4.78 is 39.6. The van der Waals surface area contributed by atoms with Crippen molar-refractivity contribution < 1.29 is 13.2 Å². The van der Waals surface area contributed by atoms with Crippen LogP contribution in [0.1, 0.15) is 43.7 Å². The first-order valence-corrected chi connectivity index (χ1v) is 7.81. The van der Waals surface area contributed by atoms with E-state index in [4.69, 9.17) is 0 Å². The zero-order valence-corrected chi connectivity index (χ0v) is 12.9. The molecule has 0 spiro atoms. The highest BCUT2D eigenvalue weighted by molar-refractivity contribution is 5.94. The predicted octanol–water partition coefficient (Wildman–Crippen LogP) is 5.58. The van der Waals surface area contributed by atoms with Crippen molar-refractivity contribution in [1.82, 2.24) is 0 Å². The number of hydrogen-bond acceptors (Lipinski definition) is 1. The molecule has 0 aliphatic carbocycles. The number of unbranched alkanes of at least 4 members (excludes halogenated alkanes) is 1. The molecule has 1 atom stereocenters. The van der Waals surface area contributed by atoms with Crippen LogP contribution in [0, 0.1) is 0 Å². The molecule has 0 radical (unpaired) electrons. The van der Waals surface area contributed by atoms with Gasteiger partial charge in [-0.2, -0.15) is 13.2 Å². The van der Waals surface area contributed by atoms with Gasteiger partial charge in [0.25, 0.3) is 0 Å². The van der Waals surface area contributed by atoms with E-state index in [-0.39, 0.29) is 5.92 Å². The van der Waals surface area contributed by atoms with Crippen LogP contribution < -0.4 is 4.90 Å². The van der Waals surface area contributed by atoms with E-state index in [1.165, 1.54) is 12.1 Å². The maximum absolute atomic E-state index is 13.2. The summed E-state index contributed by atoms with van der Waals surface area (Å²) in [6, 6.07) is 8.01. The summed E-state index contributed by atoms with van der Waals surface area (Å²) in [5, 5.41) is 1.07. The van der Waals surface area contributed by atoms with E-state index in [1.807, 2.05) is 12.1 Å². The van der Waals surface area contributed by atoms with Crippen LogP contribution in [0.15, 0.2) is 30.3 Å². The molecule has 1 heterocycles. The molecule has 1 aliphatic rings. The van der Waals surface area contributed by atoms with E-state index in [2.05, 4.69) is 18.7 Å². The lowest BCUT2D eigenvalue weighted by atomic mass is 9.94. The average molecular weight is 307 g/mol. The molecule has 0 fully saturated rings. The van der Waals surface area contributed by atoms with E-state index >= 15 is 0 Å². The molecular weight excluding hydrogens is 287 g/mol. The maximum atomic E-state index is 13.2. The second-order valence-corrected chi connectivity index (χ2v) is 6.10. The maximum Gasteiger partial charge on any atom is 0.417 e. The highest BCUT2D eigenvalue weighted by Gasteiger charge is 2.34. The van der Waals surface area contributed by atoms with Gasteiger partial charge in [-0.15, -0.1) is 0 Å². The molecule has 2 aromatic rings. The summed E-state index contributed by atoms with van der Waals surface area (Å²) in [7, 11) is 0. The lowest BCUT2D eigenvalue weighted by Gasteiger charge is -2.20. The summed E-state index contributed by atoms with van der Waals surface area (Å²) in [4.78, 5) is 2.31. The molecule has 1 unspecified atom stereocenters. The largest absolute Gasteiger partial charge is 0.417 e. The van der Waals surface area contributed by atoms with Crippen LogP contribution in [0.4, 0.5) is 18.9 Å². The Balaban J connectivity index is 2.15. The van der Waals surface area contributed by atoms with Gasteiger partial charge in [-0.05, 0) is 34.9 Å². The number of halogens is 3. The lowest BCUT2D eigenvalue weighted by molar-refractivity contribution is -0.136. The summed E-state index contributed by atoms with van der Waals surface area (Å²) in [6.45, 7) is 6.11. The fraction of sp³-hybridized carbons (Fsp3) is 0.444. The van der Waals surface area contributed by atoms with Crippen LogP contribution in [0.3, 0.4) is 0 Å². The number of rotatable bonds is 3. The van der Waals surface area contributed by atoms with Gasteiger partial charge in [0.05, 0.1) is 5.56 Å². The van der Waals surface area contributed by atoms with E-state index < -0.39 is 11.7 Å². The Labute approximate surface area is 128 Å². The van der Waals surface area contributed by atoms with Gasteiger partial charge < -0.3 is 4.90 Å². The van der Waals surface area contributed by atoms with Crippen molar-refractivity contribution >= 4 is 16.5 Å². The number of fused-ring (bicyclic) bond motifs is 3. The monoisotopic (exact) mass is 307 g/mol. The molecule has 2 aromatic carbocycles. The molecule has 0 saturated carbocycles. The van der Waals surface area contributed by atoms with Crippen molar-refractivity contribution in [3.05, 3.63) is 41.5 Å². The van der Waals surface area contributed by atoms with Crippen LogP contribution in [-0.4, -0.2) is 13.1 Å². The third-order valence-electron chi connectivity index (χ3n) is 4.49. The lowest BCUT2D eigenvalue weighted by Crippen LogP contribution is -2.22. The first-order chi connectivity index (χ1) is 10.4. The summed E-state index contributed by atoms with van der Waals surface area (Å²) >= 11 is 0. The van der Waals surface area contributed by atoms with Crippen LogP contribution >= 0.6 is 0 Å². The molecule has 22 heavy (non-hydrogen) atoms. The normalized spacial score (nSPS) is 18.0. The van der Waals surface area contributed by atoms with E-state index in [9.17, 15) is 13.2 Å². The Morgan fingerprint density at radius 1 is 1.14 bits per heavy atom. The predicted molar refractivity (Wildman–Crippen MR) is 84.5 cm³/mol. The minimum Gasteiger partial charge on any atom is -0.371 e. The second-order valence-electron chi connectivity index (χ2n) is 6.10. The molecule has 0 saturated heterocycles. The molecule has 0 N–H and O–H groups in total. The number of hydrogen-bond donors (Lipinski definition) is 0. The van der Waals surface area contributed by atoms with Crippen molar-refractivity contribution in [3.63, 3.8) is 0 Å². The topological polar surface area (TPSA) is 3.24 Å². The fourth-order valence-electron chi connectivity index (χ4n) is 3.49. The zero-order valence-electron chi connectivity index (χ0n) is 12.9. The highest BCUT2D eigenvalue weighted by Crippen LogP contribution is 2.44. The Kier molecular flexibility index (Phi) is 3.79. The van der Waals surface area contributed by atoms with Gasteiger partial charge in [0.2, 0.25) is 0 Å². The second kappa shape index (κ2) is 5.49. The third-order valence-corrected chi connectivity index (χ3v) is 4.49. The highest BCUT2D eigenvalue weighted by atomic mass is 19.4. The summed E-state index contributed by atoms with van der Waals surface area (Å²) in [5.41, 5.74) is 1.64. The zero-order chi connectivity index (χ0) is 15.9. The third kappa shape index (κ3) is 2.44. The Morgan fingerprint density at radius 3 is 2.59 bits per heavy atom. The number of alkyl halides is 3.